The van der Waals surface area contributed by atoms with Gasteiger partial charge in [0.2, 0.25) is 5.78 Å². The zero-order chi connectivity index (χ0) is 27.8. The minimum Gasteiger partial charge on any atom is -0.491 e. The Bertz CT molecular complexity index is 1590. The summed E-state index contributed by atoms with van der Waals surface area (Å²) in [7, 11) is 3.31. The molecule has 13 nitrogen and oxygen atoms in total. The highest BCUT2D eigenvalue weighted by molar-refractivity contribution is 7.08. The van der Waals surface area contributed by atoms with E-state index in [-0.39, 0.29) is 18.2 Å². The fourth-order valence-corrected chi connectivity index (χ4v) is 5.75. The molecular formula is C25H31FN10O3S. The SMILES string of the molecule is COCCOc1ccc(N2CCN(CCn3c(=O)n(C)n4c5c(nc34)N(N)CN=C5c3ccns3)CC2)c(F)c1. The number of imidazole rings is 1. The van der Waals surface area contributed by atoms with Crippen molar-refractivity contribution in [2.75, 3.05) is 69.6 Å². The lowest BCUT2D eigenvalue weighted by molar-refractivity contribution is 0.146. The van der Waals surface area contributed by atoms with Crippen molar-refractivity contribution < 1.29 is 13.9 Å². The topological polar surface area (TPSA) is 124 Å². The third-order valence-corrected chi connectivity index (χ3v) is 8.00. The highest BCUT2D eigenvalue weighted by atomic mass is 32.1. The minimum absolute atomic E-state index is 0.170. The molecule has 0 aliphatic carbocycles. The maximum atomic E-state index is 14.8. The quantitative estimate of drug-likeness (QED) is 0.230. The first-order valence-electron chi connectivity index (χ1n) is 13.0. The van der Waals surface area contributed by atoms with E-state index in [0.717, 1.165) is 23.7 Å². The van der Waals surface area contributed by atoms with E-state index in [4.69, 9.17) is 20.3 Å². The Morgan fingerprint density at radius 3 is 2.67 bits per heavy atom. The molecule has 6 rings (SSSR count). The zero-order valence-corrected chi connectivity index (χ0v) is 23.2. The van der Waals surface area contributed by atoms with E-state index in [1.807, 2.05) is 11.0 Å². The smallest absolute Gasteiger partial charge is 0.345 e. The standard InChI is InChI=1S/C25H31FN10O3S/c1-31-25(37)34(24-30-23-22(36(24)31)21(28-16-35(23)27)20-5-6-29-40-20)12-9-32-7-10-33(11-8-32)19-4-3-17(15-18(19)26)39-14-13-38-2/h3-6,15H,7-14,16,27H2,1-2H3. The number of methoxy groups -OCH3 is 1. The molecule has 40 heavy (non-hydrogen) atoms. The van der Waals surface area contributed by atoms with Crippen LogP contribution in [-0.2, 0) is 18.3 Å². The van der Waals surface area contributed by atoms with E-state index in [1.165, 1.54) is 22.6 Å². The Kier molecular flexibility index (Phi) is 7.27. The van der Waals surface area contributed by atoms with Crippen molar-refractivity contribution in [3.05, 3.63) is 57.3 Å². The molecule has 1 saturated heterocycles. The Labute approximate surface area is 233 Å². The van der Waals surface area contributed by atoms with Gasteiger partial charge < -0.3 is 14.4 Å². The third kappa shape index (κ3) is 4.74. The Morgan fingerprint density at radius 1 is 1.12 bits per heavy atom. The number of benzene rings is 1. The molecule has 2 aliphatic heterocycles. The summed E-state index contributed by atoms with van der Waals surface area (Å²) in [5.74, 6) is 7.48. The van der Waals surface area contributed by atoms with Gasteiger partial charge in [-0.25, -0.2) is 28.6 Å². The molecule has 0 radical (unpaired) electrons. The fourth-order valence-electron chi connectivity index (χ4n) is 5.15. The van der Waals surface area contributed by atoms with Gasteiger partial charge in [0.25, 0.3) is 0 Å². The van der Waals surface area contributed by atoms with E-state index in [2.05, 4.69) is 14.3 Å². The normalized spacial score (nSPS) is 16.1. The van der Waals surface area contributed by atoms with Gasteiger partial charge in [0, 0.05) is 65.7 Å². The molecule has 2 N–H and O–H groups in total. The van der Waals surface area contributed by atoms with Gasteiger partial charge in [-0.05, 0) is 29.7 Å². The second kappa shape index (κ2) is 11.0. The largest absolute Gasteiger partial charge is 0.491 e. The van der Waals surface area contributed by atoms with Crippen molar-refractivity contribution in [1.82, 2.24) is 28.0 Å². The van der Waals surface area contributed by atoms with Crippen LogP contribution in [0.3, 0.4) is 0 Å². The number of nitrogens with two attached hydrogens (primary N) is 1. The average Bonchev–Trinajstić information content (AvgIpc) is 3.68. The molecule has 0 atom stereocenters. The Balaban J connectivity index is 1.15. The summed E-state index contributed by atoms with van der Waals surface area (Å²) in [5.41, 5.74) is 1.79. The number of fused-ring (bicyclic) bond motifs is 3. The number of aryl methyl sites for hydroxylation is 1. The van der Waals surface area contributed by atoms with Crippen molar-refractivity contribution in [1.29, 1.82) is 0 Å². The lowest BCUT2D eigenvalue weighted by Gasteiger charge is -2.36. The molecule has 0 amide bonds. The molecule has 2 aliphatic rings. The van der Waals surface area contributed by atoms with Crippen LogP contribution in [0, 0.1) is 5.82 Å². The summed E-state index contributed by atoms with van der Waals surface area (Å²) < 4.78 is 34.5. The van der Waals surface area contributed by atoms with Gasteiger partial charge in [0.15, 0.2) is 5.82 Å². The van der Waals surface area contributed by atoms with Gasteiger partial charge in [0.1, 0.15) is 36.2 Å². The number of hydrazine groups is 1. The molecule has 0 unspecified atom stereocenters. The number of ether oxygens (including phenoxy) is 2. The molecular weight excluding hydrogens is 539 g/mol. The number of anilines is 2. The second-order valence-corrected chi connectivity index (χ2v) is 10.5. The minimum atomic E-state index is -0.306. The van der Waals surface area contributed by atoms with E-state index in [0.29, 0.717) is 68.1 Å². The van der Waals surface area contributed by atoms with Crippen LogP contribution in [0.5, 0.6) is 5.75 Å². The summed E-state index contributed by atoms with van der Waals surface area (Å²) in [5, 5.41) is 1.48. The van der Waals surface area contributed by atoms with Crippen LogP contribution >= 0.6 is 11.5 Å². The lowest BCUT2D eigenvalue weighted by Crippen LogP contribution is -2.47. The number of halogens is 1. The van der Waals surface area contributed by atoms with E-state index in [9.17, 15) is 9.18 Å². The van der Waals surface area contributed by atoms with Crippen molar-refractivity contribution in [3.63, 3.8) is 0 Å². The Morgan fingerprint density at radius 2 is 1.95 bits per heavy atom. The fraction of sp³-hybridized carbons (Fsp3) is 0.440. The van der Waals surface area contributed by atoms with Gasteiger partial charge in [-0.2, -0.15) is 4.98 Å². The molecule has 1 aromatic carbocycles. The first kappa shape index (κ1) is 26.4. The maximum Gasteiger partial charge on any atom is 0.345 e. The zero-order valence-electron chi connectivity index (χ0n) is 22.4. The third-order valence-electron chi connectivity index (χ3n) is 7.25. The van der Waals surface area contributed by atoms with Crippen LogP contribution in [0.25, 0.3) is 5.78 Å². The van der Waals surface area contributed by atoms with Gasteiger partial charge in [-0.1, -0.05) is 0 Å². The number of nitrogens with zero attached hydrogens (tertiary/aromatic N) is 9. The number of aromatic nitrogens is 5. The van der Waals surface area contributed by atoms with Crippen LogP contribution in [0.15, 0.2) is 40.2 Å². The molecule has 3 aromatic heterocycles. The second-order valence-electron chi connectivity index (χ2n) is 9.63. The number of hydrogen-bond acceptors (Lipinski definition) is 11. The molecule has 4 aromatic rings. The van der Waals surface area contributed by atoms with Crippen LogP contribution < -0.4 is 26.2 Å². The highest BCUT2D eigenvalue weighted by Gasteiger charge is 2.31. The van der Waals surface area contributed by atoms with Gasteiger partial charge in [-0.3, -0.25) is 19.5 Å². The van der Waals surface area contributed by atoms with Crippen LogP contribution in [-0.4, -0.2) is 93.4 Å². The number of piperazine rings is 1. The summed E-state index contributed by atoms with van der Waals surface area (Å²) in [6.07, 6.45) is 1.72. The Hall–Kier alpha value is -3.79. The van der Waals surface area contributed by atoms with Crippen molar-refractivity contribution in [3.8, 4) is 5.75 Å². The van der Waals surface area contributed by atoms with Gasteiger partial charge in [-0.15, -0.1) is 0 Å². The summed E-state index contributed by atoms with van der Waals surface area (Å²) in [6.45, 7) is 5.03. The number of rotatable bonds is 9. The molecule has 0 saturated carbocycles. The molecule has 0 bridgehead atoms. The highest BCUT2D eigenvalue weighted by Crippen LogP contribution is 2.28. The van der Waals surface area contributed by atoms with Crippen LogP contribution in [0.4, 0.5) is 15.9 Å². The van der Waals surface area contributed by atoms with Crippen molar-refractivity contribution in [2.45, 2.75) is 6.54 Å². The first-order valence-corrected chi connectivity index (χ1v) is 13.8. The summed E-state index contributed by atoms with van der Waals surface area (Å²) in [4.78, 5) is 27.8. The summed E-state index contributed by atoms with van der Waals surface area (Å²) >= 11 is 1.34. The van der Waals surface area contributed by atoms with Gasteiger partial charge >= 0.3 is 5.69 Å². The predicted molar refractivity (Wildman–Crippen MR) is 150 cm³/mol. The molecule has 15 heteroatoms. The van der Waals surface area contributed by atoms with Crippen molar-refractivity contribution >= 4 is 34.5 Å². The molecule has 5 heterocycles. The predicted octanol–water partition coefficient (Wildman–Crippen LogP) is 0.766. The van der Waals surface area contributed by atoms with Crippen LogP contribution in [0.2, 0.25) is 0 Å². The van der Waals surface area contributed by atoms with E-state index in [1.54, 1.807) is 46.3 Å². The average molecular weight is 571 g/mol. The van der Waals surface area contributed by atoms with E-state index >= 15 is 0 Å². The van der Waals surface area contributed by atoms with Gasteiger partial charge in [0.05, 0.1) is 17.2 Å². The lowest BCUT2D eigenvalue weighted by atomic mass is 10.2. The number of hydrogen-bond donors (Lipinski definition) is 1. The number of aliphatic imine (C=N–C) groups is 1. The maximum absolute atomic E-state index is 14.8. The monoisotopic (exact) mass is 570 g/mol. The first-order chi connectivity index (χ1) is 19.5. The molecule has 0 spiro atoms. The van der Waals surface area contributed by atoms with Crippen LogP contribution in [0.1, 0.15) is 10.6 Å². The summed E-state index contributed by atoms with van der Waals surface area (Å²) in [6, 6.07) is 6.86. The molecule has 1 fully saturated rings. The molecule has 212 valence electrons. The van der Waals surface area contributed by atoms with E-state index < -0.39 is 0 Å². The van der Waals surface area contributed by atoms with Crippen molar-refractivity contribution in [2.24, 2.45) is 17.9 Å².